The van der Waals surface area contributed by atoms with Crippen molar-refractivity contribution >= 4 is 15.9 Å². The second kappa shape index (κ2) is 9.57. The summed E-state index contributed by atoms with van der Waals surface area (Å²) in [5.74, 6) is 0.886. The van der Waals surface area contributed by atoms with Crippen LogP contribution in [0.15, 0.2) is 53.4 Å². The highest BCUT2D eigenvalue weighted by atomic mass is 32.2. The third-order valence-electron chi connectivity index (χ3n) is 3.89. The zero-order valence-corrected chi connectivity index (χ0v) is 17.2. The van der Waals surface area contributed by atoms with E-state index >= 15 is 0 Å². The third kappa shape index (κ3) is 6.24. The van der Waals surface area contributed by atoms with Gasteiger partial charge >= 0.3 is 0 Å². The van der Waals surface area contributed by atoms with Gasteiger partial charge in [0.1, 0.15) is 11.5 Å². The minimum Gasteiger partial charge on any atom is -0.497 e. The van der Waals surface area contributed by atoms with Gasteiger partial charge in [-0.3, -0.25) is 4.79 Å². The van der Waals surface area contributed by atoms with Crippen molar-refractivity contribution in [3.05, 3.63) is 54.1 Å². The topological polar surface area (TPSA) is 93.7 Å². The van der Waals surface area contributed by atoms with Gasteiger partial charge < -0.3 is 14.8 Å². The lowest BCUT2D eigenvalue weighted by Crippen LogP contribution is -2.31. The molecule has 0 saturated carbocycles. The molecule has 0 spiro atoms. The van der Waals surface area contributed by atoms with Crippen molar-refractivity contribution in [2.24, 2.45) is 0 Å². The molecule has 1 atom stereocenters. The van der Waals surface area contributed by atoms with Crippen LogP contribution in [0.4, 0.5) is 0 Å². The van der Waals surface area contributed by atoms with Crippen LogP contribution in [0.5, 0.6) is 11.5 Å². The SMILES string of the molecule is COc1ccc([C@@H](C)NC(=O)COc2ccc(S(=O)(=O)NC(C)C)cc2)cc1. The zero-order chi connectivity index (χ0) is 20.7. The summed E-state index contributed by atoms with van der Waals surface area (Å²) in [6.07, 6.45) is 0. The van der Waals surface area contributed by atoms with Gasteiger partial charge in [-0.15, -0.1) is 0 Å². The molecule has 8 heteroatoms. The van der Waals surface area contributed by atoms with E-state index in [1.807, 2.05) is 31.2 Å². The molecule has 7 nitrogen and oxygen atoms in total. The summed E-state index contributed by atoms with van der Waals surface area (Å²) >= 11 is 0. The molecule has 1 amide bonds. The van der Waals surface area contributed by atoms with Crippen molar-refractivity contribution < 1.29 is 22.7 Å². The highest BCUT2D eigenvalue weighted by molar-refractivity contribution is 7.89. The van der Waals surface area contributed by atoms with Crippen LogP contribution in [-0.2, 0) is 14.8 Å². The number of benzene rings is 2. The lowest BCUT2D eigenvalue weighted by atomic mass is 10.1. The van der Waals surface area contributed by atoms with E-state index in [0.29, 0.717) is 5.75 Å². The first-order valence-electron chi connectivity index (χ1n) is 8.90. The Balaban J connectivity index is 1.88. The van der Waals surface area contributed by atoms with E-state index in [1.54, 1.807) is 21.0 Å². The first kappa shape index (κ1) is 21.7. The zero-order valence-electron chi connectivity index (χ0n) is 16.4. The van der Waals surface area contributed by atoms with Gasteiger partial charge in [-0.2, -0.15) is 0 Å². The van der Waals surface area contributed by atoms with Crippen LogP contribution in [0.3, 0.4) is 0 Å². The Morgan fingerprint density at radius 3 is 2.07 bits per heavy atom. The molecule has 2 N–H and O–H groups in total. The average Bonchev–Trinajstić information content (AvgIpc) is 2.65. The molecule has 2 aromatic rings. The van der Waals surface area contributed by atoms with E-state index in [2.05, 4.69) is 10.0 Å². The second-order valence-corrected chi connectivity index (χ2v) is 8.31. The molecule has 0 bridgehead atoms. The Morgan fingerprint density at radius 2 is 1.54 bits per heavy atom. The van der Waals surface area contributed by atoms with E-state index in [1.165, 1.54) is 24.3 Å². The maximum Gasteiger partial charge on any atom is 0.258 e. The Hall–Kier alpha value is -2.58. The molecular formula is C20H26N2O5S. The highest BCUT2D eigenvalue weighted by Gasteiger charge is 2.15. The quantitative estimate of drug-likeness (QED) is 0.668. The first-order chi connectivity index (χ1) is 13.2. The Bertz CT molecular complexity index is 878. The van der Waals surface area contributed by atoms with E-state index in [9.17, 15) is 13.2 Å². The predicted octanol–water partition coefficient (Wildman–Crippen LogP) is 2.64. The highest BCUT2D eigenvalue weighted by Crippen LogP contribution is 2.18. The molecule has 0 unspecified atom stereocenters. The average molecular weight is 407 g/mol. The number of methoxy groups -OCH3 is 1. The van der Waals surface area contributed by atoms with Crippen molar-refractivity contribution in [3.63, 3.8) is 0 Å². The van der Waals surface area contributed by atoms with Crippen LogP contribution in [-0.4, -0.2) is 34.1 Å². The second-order valence-electron chi connectivity index (χ2n) is 6.60. The minimum atomic E-state index is -3.55. The molecular weight excluding hydrogens is 380 g/mol. The van der Waals surface area contributed by atoms with Crippen LogP contribution < -0.4 is 19.5 Å². The van der Waals surface area contributed by atoms with Crippen LogP contribution in [0.1, 0.15) is 32.4 Å². The number of carbonyl (C=O) groups is 1. The third-order valence-corrected chi connectivity index (χ3v) is 5.56. The largest absolute Gasteiger partial charge is 0.497 e. The van der Waals surface area contributed by atoms with Gasteiger partial charge in [0.25, 0.3) is 5.91 Å². The molecule has 0 aliphatic rings. The van der Waals surface area contributed by atoms with Crippen molar-refractivity contribution in [3.8, 4) is 11.5 Å². The smallest absolute Gasteiger partial charge is 0.258 e. The predicted molar refractivity (Wildman–Crippen MR) is 107 cm³/mol. The van der Waals surface area contributed by atoms with Crippen LogP contribution in [0.2, 0.25) is 0 Å². The van der Waals surface area contributed by atoms with Crippen molar-refractivity contribution in [1.82, 2.24) is 10.0 Å². The van der Waals surface area contributed by atoms with Crippen molar-refractivity contribution in [2.45, 2.75) is 37.8 Å². The lowest BCUT2D eigenvalue weighted by molar-refractivity contribution is -0.123. The van der Waals surface area contributed by atoms with Crippen molar-refractivity contribution in [1.29, 1.82) is 0 Å². The summed E-state index contributed by atoms with van der Waals surface area (Å²) in [6.45, 7) is 5.21. The van der Waals surface area contributed by atoms with Gasteiger partial charge in [0.05, 0.1) is 18.0 Å². The van der Waals surface area contributed by atoms with E-state index in [-0.39, 0.29) is 29.5 Å². The van der Waals surface area contributed by atoms with Crippen LogP contribution in [0.25, 0.3) is 0 Å². The summed E-state index contributed by atoms with van der Waals surface area (Å²) in [7, 11) is -1.96. The summed E-state index contributed by atoms with van der Waals surface area (Å²) in [5.41, 5.74) is 0.946. The number of sulfonamides is 1. The number of nitrogens with one attached hydrogen (secondary N) is 2. The number of hydrogen-bond donors (Lipinski definition) is 2. The maximum absolute atomic E-state index is 12.1. The van der Waals surface area contributed by atoms with Gasteiger partial charge in [-0.1, -0.05) is 12.1 Å². The Morgan fingerprint density at radius 1 is 0.964 bits per heavy atom. The normalized spacial score (nSPS) is 12.5. The van der Waals surface area contributed by atoms with Gasteiger partial charge in [0.2, 0.25) is 10.0 Å². The minimum absolute atomic E-state index is 0.145. The molecule has 0 aliphatic heterocycles. The van der Waals surface area contributed by atoms with E-state index < -0.39 is 10.0 Å². The van der Waals surface area contributed by atoms with Gasteiger partial charge in [-0.05, 0) is 62.7 Å². The standard InChI is InChI=1S/C20H26N2O5S/c1-14(2)22-28(24,25)19-11-9-18(10-12-19)27-13-20(23)21-15(3)16-5-7-17(26-4)8-6-16/h5-12,14-15,22H,13H2,1-4H3,(H,21,23)/t15-/m1/s1. The first-order valence-corrected chi connectivity index (χ1v) is 10.4. The number of rotatable bonds is 9. The fourth-order valence-corrected chi connectivity index (χ4v) is 3.75. The molecule has 0 saturated heterocycles. The van der Waals surface area contributed by atoms with Gasteiger partial charge in [-0.25, -0.2) is 13.1 Å². The molecule has 28 heavy (non-hydrogen) atoms. The van der Waals surface area contributed by atoms with Crippen LogP contribution in [0, 0.1) is 0 Å². The van der Waals surface area contributed by atoms with E-state index in [4.69, 9.17) is 9.47 Å². The molecule has 0 radical (unpaired) electrons. The van der Waals surface area contributed by atoms with Crippen molar-refractivity contribution in [2.75, 3.05) is 13.7 Å². The summed E-state index contributed by atoms with van der Waals surface area (Å²) in [5, 5.41) is 2.85. The molecule has 0 heterocycles. The molecule has 2 aromatic carbocycles. The molecule has 2 rings (SSSR count). The Labute approximate surface area is 166 Å². The number of carbonyl (C=O) groups excluding carboxylic acids is 1. The lowest BCUT2D eigenvalue weighted by Gasteiger charge is -2.15. The summed E-state index contributed by atoms with van der Waals surface area (Å²) in [6, 6.07) is 13.0. The molecule has 0 fully saturated rings. The number of hydrogen-bond acceptors (Lipinski definition) is 5. The molecule has 0 aromatic heterocycles. The fourth-order valence-electron chi connectivity index (χ4n) is 2.50. The van der Waals surface area contributed by atoms with E-state index in [0.717, 1.165) is 11.3 Å². The number of amides is 1. The fraction of sp³-hybridized carbons (Fsp3) is 0.350. The maximum atomic E-state index is 12.1. The molecule has 0 aliphatic carbocycles. The van der Waals surface area contributed by atoms with Crippen LogP contribution >= 0.6 is 0 Å². The summed E-state index contributed by atoms with van der Waals surface area (Å²) in [4.78, 5) is 12.2. The monoisotopic (exact) mass is 406 g/mol. The van der Waals surface area contributed by atoms with Gasteiger partial charge in [0.15, 0.2) is 6.61 Å². The molecule has 152 valence electrons. The number of ether oxygens (including phenoxy) is 2. The summed E-state index contributed by atoms with van der Waals surface area (Å²) < 4.78 is 37.3. The van der Waals surface area contributed by atoms with Gasteiger partial charge in [0, 0.05) is 6.04 Å². The Kier molecular flexibility index (Phi) is 7.42.